The van der Waals surface area contributed by atoms with E-state index in [-0.39, 0.29) is 23.9 Å². The molecule has 490 valence electrons. The molecular weight excluding hydrogens is 1200 g/mol. The van der Waals surface area contributed by atoms with E-state index in [2.05, 4.69) is 105 Å². The first-order valence-electron chi connectivity index (χ1n) is 33.3. The lowest BCUT2D eigenvalue weighted by molar-refractivity contribution is -0.953. The molecule has 11 rings (SSSR count). The molecule has 6 aromatic carbocycles. The largest absolute Gasteiger partial charge is 1.00 e. The van der Waals surface area contributed by atoms with Gasteiger partial charge in [-0.25, -0.2) is 16.8 Å². The Morgan fingerprint density at radius 2 is 0.889 bits per heavy atom. The third-order valence-corrected chi connectivity index (χ3v) is 24.7. The van der Waals surface area contributed by atoms with E-state index in [1.165, 1.54) is 60.4 Å². The summed E-state index contributed by atoms with van der Waals surface area (Å²) in [5, 5.41) is 24.8. The second kappa shape index (κ2) is 31.3. The number of halogens is 2. The number of piperazine rings is 3. The zero-order valence-electron chi connectivity index (χ0n) is 55.0. The topological polar surface area (TPSA) is 128 Å². The smallest absolute Gasteiger partial charge is 0.179 e. The minimum atomic E-state index is -3.63. The van der Waals surface area contributed by atoms with Gasteiger partial charge in [0.05, 0.1) is 53.1 Å². The predicted molar refractivity (Wildman–Crippen MR) is 366 cm³/mol. The summed E-state index contributed by atoms with van der Waals surface area (Å²) in [4.78, 5) is 7.29. The van der Waals surface area contributed by atoms with Crippen molar-refractivity contribution >= 4 is 42.7 Å². The predicted octanol–water partition coefficient (Wildman–Crippen LogP) is 11.6. The number of ether oxygens (including phenoxy) is 1. The Kier molecular flexibility index (Phi) is 24.7. The van der Waals surface area contributed by atoms with Gasteiger partial charge in [0, 0.05) is 93.3 Å². The molecule has 0 unspecified atom stereocenters. The Morgan fingerprint density at radius 3 is 1.28 bits per heavy atom. The number of hydrogen-bond donors (Lipinski definition) is 2. The van der Waals surface area contributed by atoms with Crippen molar-refractivity contribution in [2.24, 2.45) is 10.8 Å². The number of aliphatic hydroxyl groups is 2. The van der Waals surface area contributed by atoms with Crippen molar-refractivity contribution in [1.82, 2.24) is 4.90 Å². The summed E-state index contributed by atoms with van der Waals surface area (Å²) in [5.74, 6) is 0.355. The SMILES string of the molecule is CCCCC1(CCCC)CS(=O)(=O)c2ccc(N(C)C)cc2[C@@H](c2ccc(CCc3ccc(CCl)cc3)cc2)[C@H]1O.CCCCC1(CCCC)CS(=O)(=O)c2ccc(N(C)C)cc2[C@@H](c2ccc(OCc3ccc(C[N+]45CCN(CC4)CC5)cc3)cc2)[C@H]1O.[Cl-]. The fraction of sp³-hybridized carbons (Fsp3) is 0.520. The molecule has 0 spiro atoms. The third kappa shape index (κ3) is 16.5. The highest BCUT2D eigenvalue weighted by Crippen LogP contribution is 2.52. The molecule has 0 aromatic heterocycles. The number of sulfone groups is 2. The Balaban J connectivity index is 0.000000233. The van der Waals surface area contributed by atoms with Gasteiger partial charge in [-0.15, -0.1) is 11.6 Å². The summed E-state index contributed by atoms with van der Waals surface area (Å²) in [6, 6.07) is 45.1. The van der Waals surface area contributed by atoms with E-state index in [9.17, 15) is 27.0 Å². The van der Waals surface area contributed by atoms with E-state index in [4.69, 9.17) is 16.3 Å². The molecule has 0 amide bonds. The lowest BCUT2D eigenvalue weighted by Crippen LogP contribution is -3.00. The number of aryl methyl sites for hydroxylation is 2. The Morgan fingerprint density at radius 1 is 0.522 bits per heavy atom. The van der Waals surface area contributed by atoms with Crippen LogP contribution in [0.15, 0.2) is 143 Å². The number of benzene rings is 6. The average Bonchev–Trinajstić information content (AvgIpc) is 1.59. The highest BCUT2D eigenvalue weighted by Gasteiger charge is 2.51. The molecule has 3 saturated heterocycles. The molecule has 5 heterocycles. The lowest BCUT2D eigenvalue weighted by Gasteiger charge is -2.50. The number of aliphatic hydroxyl groups excluding tert-OH is 2. The number of unbranched alkanes of at least 4 members (excludes halogenated alkanes) is 4. The van der Waals surface area contributed by atoms with E-state index in [0.29, 0.717) is 59.1 Å². The summed E-state index contributed by atoms with van der Waals surface area (Å²) >= 11 is 5.94. The lowest BCUT2D eigenvalue weighted by atomic mass is 9.68. The summed E-state index contributed by atoms with van der Waals surface area (Å²) in [7, 11) is 0.611. The van der Waals surface area contributed by atoms with Crippen LogP contribution in [0.4, 0.5) is 11.4 Å². The van der Waals surface area contributed by atoms with Crippen molar-refractivity contribution in [3.63, 3.8) is 0 Å². The fourth-order valence-corrected chi connectivity index (χ4v) is 19.4. The maximum Gasteiger partial charge on any atom is 0.179 e. The highest BCUT2D eigenvalue weighted by molar-refractivity contribution is 7.91. The van der Waals surface area contributed by atoms with Crippen LogP contribution in [0.2, 0.25) is 0 Å². The van der Waals surface area contributed by atoms with Gasteiger partial charge in [0.25, 0.3) is 0 Å². The second-order valence-electron chi connectivity index (χ2n) is 27.1. The molecule has 4 atom stereocenters. The van der Waals surface area contributed by atoms with Gasteiger partial charge >= 0.3 is 0 Å². The van der Waals surface area contributed by atoms with E-state index in [1.807, 2.05) is 86.5 Å². The zero-order chi connectivity index (χ0) is 63.6. The molecule has 3 fully saturated rings. The third-order valence-electron chi connectivity index (χ3n) is 20.4. The van der Waals surface area contributed by atoms with Crippen molar-refractivity contribution in [1.29, 1.82) is 0 Å². The molecule has 5 aliphatic rings. The molecule has 0 aliphatic carbocycles. The zero-order valence-corrected chi connectivity index (χ0v) is 58.1. The molecule has 0 saturated carbocycles. The first kappa shape index (κ1) is 70.9. The molecule has 2 N–H and O–H groups in total. The van der Waals surface area contributed by atoms with Crippen molar-refractivity contribution in [2.75, 3.05) is 88.8 Å². The number of fused-ring (bicyclic) bond motifs is 5. The summed E-state index contributed by atoms with van der Waals surface area (Å²) in [5.41, 5.74) is 9.87. The Hall–Kier alpha value is -4.96. The maximum absolute atomic E-state index is 14.1. The fourth-order valence-electron chi connectivity index (χ4n) is 14.8. The molecule has 2 bridgehead atoms. The number of anilines is 2. The highest BCUT2D eigenvalue weighted by atomic mass is 35.5. The van der Waals surface area contributed by atoms with Crippen LogP contribution in [-0.4, -0.2) is 128 Å². The van der Waals surface area contributed by atoms with Crippen LogP contribution >= 0.6 is 11.6 Å². The first-order valence-corrected chi connectivity index (χ1v) is 37.1. The van der Waals surface area contributed by atoms with E-state index >= 15 is 0 Å². The van der Waals surface area contributed by atoms with Crippen molar-refractivity contribution < 1.29 is 48.7 Å². The Labute approximate surface area is 552 Å². The molecular formula is C75H102Cl2N4O7S2. The minimum absolute atomic E-state index is 0. The molecule has 15 heteroatoms. The minimum Gasteiger partial charge on any atom is -1.00 e. The van der Waals surface area contributed by atoms with Crippen molar-refractivity contribution in [2.45, 2.75) is 170 Å². The standard InChI is InChI=1S/C40H56N3O4S.C35H46ClNO3S.ClH/c1-5-7-19-40(20-8-6-2)30-48(45,46)37-18-15-34(41(3)4)27-36(37)38(39(40)44)33-13-16-35(17-14-33)47-29-32-11-9-31(10-12-32)28-43-24-21-42(22-25-43)23-26-43;1-5-7-21-35(22-8-6-2)25-41(39,40)32-20-19-30(37(3)4)23-31(32)33(34(35)38)29-17-15-27(16-18-29)10-9-26-11-13-28(24-36)14-12-26;/h9-18,27,38-39,44H,5-8,19-26,28-30H2,1-4H3;11-20,23,33-34,38H,5-10,21-22,24-25H2,1-4H3;1H/q+1;;/p-1/t38-,39-;33-,34-;/m11./s1. The molecule has 0 radical (unpaired) electrons. The van der Waals surface area contributed by atoms with Crippen LogP contribution in [-0.2, 0) is 51.5 Å². The van der Waals surface area contributed by atoms with Crippen LogP contribution in [0, 0.1) is 10.8 Å². The summed E-state index contributed by atoms with van der Waals surface area (Å²) < 4.78 is 63.8. The Bertz CT molecular complexity index is 3450. The number of hydrogen-bond acceptors (Lipinski definition) is 10. The quantitative estimate of drug-likeness (QED) is 0.0422. The van der Waals surface area contributed by atoms with Gasteiger partial charge in [-0.2, -0.15) is 0 Å². The number of alkyl halides is 1. The second-order valence-corrected chi connectivity index (χ2v) is 31.3. The van der Waals surface area contributed by atoms with Crippen molar-refractivity contribution in [3.8, 4) is 5.75 Å². The van der Waals surface area contributed by atoms with E-state index in [0.717, 1.165) is 110 Å². The van der Waals surface area contributed by atoms with Gasteiger partial charge in [-0.3, -0.25) is 4.90 Å². The monoisotopic (exact) mass is 1300 g/mol. The van der Waals surface area contributed by atoms with Gasteiger partial charge in [-0.1, -0.05) is 164 Å². The van der Waals surface area contributed by atoms with Gasteiger partial charge in [0.1, 0.15) is 18.9 Å². The maximum atomic E-state index is 14.1. The normalized spacial score (nSPS) is 22.5. The van der Waals surface area contributed by atoms with Crippen LogP contribution in [0.25, 0.3) is 0 Å². The number of quaternary nitrogens is 1. The van der Waals surface area contributed by atoms with Crippen molar-refractivity contribution in [3.05, 3.63) is 184 Å². The van der Waals surface area contributed by atoms with Gasteiger partial charge in [0.2, 0.25) is 0 Å². The first-order chi connectivity index (χ1) is 42.7. The molecule has 6 aromatic rings. The number of rotatable bonds is 25. The van der Waals surface area contributed by atoms with Crippen LogP contribution < -0.4 is 26.9 Å². The van der Waals surface area contributed by atoms with Crippen LogP contribution in [0.5, 0.6) is 5.75 Å². The van der Waals surface area contributed by atoms with Gasteiger partial charge in [-0.05, 0) is 132 Å². The summed E-state index contributed by atoms with van der Waals surface area (Å²) in [6.45, 7) is 17.6. The average molecular weight is 1310 g/mol. The van der Waals surface area contributed by atoms with Crippen LogP contribution in [0.1, 0.15) is 167 Å². The van der Waals surface area contributed by atoms with E-state index in [1.54, 1.807) is 12.1 Å². The van der Waals surface area contributed by atoms with Gasteiger partial charge in [0.15, 0.2) is 19.7 Å². The summed E-state index contributed by atoms with van der Waals surface area (Å²) in [6.07, 6.45) is 10.4. The molecule has 5 aliphatic heterocycles. The number of nitrogens with zero attached hydrogens (tertiary/aromatic N) is 4. The van der Waals surface area contributed by atoms with Gasteiger partial charge < -0.3 is 41.6 Å². The van der Waals surface area contributed by atoms with Crippen LogP contribution in [0.3, 0.4) is 0 Å². The molecule has 90 heavy (non-hydrogen) atoms. The van der Waals surface area contributed by atoms with E-state index < -0.39 is 54.5 Å². The molecule has 11 nitrogen and oxygen atoms in total.